The van der Waals surface area contributed by atoms with Crippen LogP contribution in [0.5, 0.6) is 0 Å². The number of amides is 1. The van der Waals surface area contributed by atoms with E-state index in [0.29, 0.717) is 13.1 Å². The molecule has 1 unspecified atom stereocenters. The summed E-state index contributed by atoms with van der Waals surface area (Å²) in [7, 11) is 1.89. The lowest BCUT2D eigenvalue weighted by atomic mass is 10.1. The summed E-state index contributed by atoms with van der Waals surface area (Å²) in [4.78, 5) is 12.2. The Morgan fingerprint density at radius 1 is 1.38 bits per heavy atom. The number of rotatable bonds is 4. The number of hydrogen-bond acceptors (Lipinski definition) is 4. The molecule has 0 spiro atoms. The first-order valence-corrected chi connectivity index (χ1v) is 7.08. The maximum atomic E-state index is 12.2. The minimum Gasteiger partial charge on any atom is -0.381 e. The molecular formula is C15H19N5O. The van der Waals surface area contributed by atoms with E-state index >= 15 is 0 Å². The average molecular weight is 285 g/mol. The number of anilines is 2. The molecule has 1 aliphatic rings. The highest BCUT2D eigenvalue weighted by atomic mass is 16.2. The van der Waals surface area contributed by atoms with Gasteiger partial charge >= 0.3 is 0 Å². The van der Waals surface area contributed by atoms with Crippen LogP contribution in [0.4, 0.5) is 11.4 Å². The van der Waals surface area contributed by atoms with Crippen LogP contribution < -0.4 is 16.0 Å². The van der Waals surface area contributed by atoms with Crippen LogP contribution in [0.2, 0.25) is 0 Å². The number of hydrogen-bond donors (Lipinski definition) is 3. The Morgan fingerprint density at radius 2 is 2.19 bits per heavy atom. The van der Waals surface area contributed by atoms with Crippen LogP contribution >= 0.6 is 0 Å². The summed E-state index contributed by atoms with van der Waals surface area (Å²) in [6.07, 6.45) is 2.64. The third-order valence-corrected chi connectivity index (χ3v) is 3.52. The van der Waals surface area contributed by atoms with Crippen LogP contribution in [-0.4, -0.2) is 34.8 Å². The van der Waals surface area contributed by atoms with E-state index in [4.69, 9.17) is 0 Å². The van der Waals surface area contributed by atoms with Gasteiger partial charge in [-0.25, -0.2) is 0 Å². The minimum atomic E-state index is -0.247. The van der Waals surface area contributed by atoms with Crippen molar-refractivity contribution < 1.29 is 4.79 Å². The van der Waals surface area contributed by atoms with Crippen molar-refractivity contribution in [3.63, 3.8) is 0 Å². The third-order valence-electron chi connectivity index (χ3n) is 3.52. The van der Waals surface area contributed by atoms with Crippen molar-refractivity contribution >= 4 is 17.3 Å². The number of aromatic nitrogens is 2. The highest BCUT2D eigenvalue weighted by Crippen LogP contribution is 2.25. The van der Waals surface area contributed by atoms with Crippen LogP contribution in [0, 0.1) is 0 Å². The molecule has 6 heteroatoms. The summed E-state index contributed by atoms with van der Waals surface area (Å²) in [5.74, 6) is 0.00735. The molecule has 1 aliphatic heterocycles. The van der Waals surface area contributed by atoms with Crippen LogP contribution in [0.1, 0.15) is 5.69 Å². The van der Waals surface area contributed by atoms with Crippen molar-refractivity contribution in [1.29, 1.82) is 0 Å². The molecule has 2 aromatic rings. The standard InChI is InChI=1S/C15H19N5O/c1-20-9-7-11(19-20)6-8-16-15(21)14-10-17-12-4-2-3-5-13(12)18-14/h2-5,7,9,14,17-18H,6,8,10H2,1H3,(H,16,21). The molecule has 3 rings (SSSR count). The fourth-order valence-corrected chi connectivity index (χ4v) is 2.41. The summed E-state index contributed by atoms with van der Waals surface area (Å²) in [6.45, 7) is 1.18. The first kappa shape index (κ1) is 13.5. The summed E-state index contributed by atoms with van der Waals surface area (Å²) in [6, 6.07) is 9.61. The van der Waals surface area contributed by atoms with Gasteiger partial charge in [-0.2, -0.15) is 5.10 Å². The zero-order valence-electron chi connectivity index (χ0n) is 12.0. The summed E-state index contributed by atoms with van der Waals surface area (Å²) in [5, 5.41) is 13.8. The largest absolute Gasteiger partial charge is 0.381 e. The molecule has 6 nitrogen and oxygen atoms in total. The molecule has 1 aromatic carbocycles. The first-order valence-electron chi connectivity index (χ1n) is 7.08. The van der Waals surface area contributed by atoms with Gasteiger partial charge < -0.3 is 16.0 Å². The molecule has 0 aliphatic carbocycles. The molecule has 110 valence electrons. The molecule has 0 fully saturated rings. The molecule has 0 saturated carbocycles. The normalized spacial score (nSPS) is 16.5. The lowest BCUT2D eigenvalue weighted by Gasteiger charge is -2.27. The molecule has 1 aromatic heterocycles. The van der Waals surface area contributed by atoms with Gasteiger partial charge in [0.2, 0.25) is 5.91 Å². The van der Waals surface area contributed by atoms with E-state index in [1.165, 1.54) is 0 Å². The Balaban J connectivity index is 1.50. The van der Waals surface area contributed by atoms with Crippen molar-refractivity contribution in [1.82, 2.24) is 15.1 Å². The van der Waals surface area contributed by atoms with E-state index in [2.05, 4.69) is 21.0 Å². The smallest absolute Gasteiger partial charge is 0.244 e. The molecule has 0 radical (unpaired) electrons. The molecule has 0 bridgehead atoms. The number of benzene rings is 1. The van der Waals surface area contributed by atoms with Crippen LogP contribution in [0.25, 0.3) is 0 Å². The second-order valence-electron chi connectivity index (χ2n) is 5.15. The van der Waals surface area contributed by atoms with E-state index in [1.807, 2.05) is 43.6 Å². The molecule has 1 amide bonds. The average Bonchev–Trinajstić information content (AvgIpc) is 2.92. The Hall–Kier alpha value is -2.50. The topological polar surface area (TPSA) is 71.0 Å². The molecule has 1 atom stereocenters. The van der Waals surface area contributed by atoms with Crippen LogP contribution in [0.15, 0.2) is 36.5 Å². The first-order chi connectivity index (χ1) is 10.2. The summed E-state index contributed by atoms with van der Waals surface area (Å²) in [5.41, 5.74) is 2.99. The Morgan fingerprint density at radius 3 is 2.95 bits per heavy atom. The van der Waals surface area contributed by atoms with E-state index in [9.17, 15) is 4.79 Å². The van der Waals surface area contributed by atoms with Gasteiger partial charge in [-0.1, -0.05) is 12.1 Å². The number of nitrogens with one attached hydrogen (secondary N) is 3. The fraction of sp³-hybridized carbons (Fsp3) is 0.333. The molecule has 3 N–H and O–H groups in total. The SMILES string of the molecule is Cn1ccc(CCNC(=O)C2CNc3ccccc3N2)n1. The Kier molecular flexibility index (Phi) is 3.77. The molecular weight excluding hydrogens is 266 g/mol. The van der Waals surface area contributed by atoms with Crippen molar-refractivity contribution in [2.75, 3.05) is 23.7 Å². The van der Waals surface area contributed by atoms with Gasteiger partial charge in [-0.05, 0) is 18.2 Å². The number of carbonyl (C=O) groups is 1. The van der Waals surface area contributed by atoms with Gasteiger partial charge in [0.15, 0.2) is 0 Å². The summed E-state index contributed by atoms with van der Waals surface area (Å²) < 4.78 is 1.76. The maximum Gasteiger partial charge on any atom is 0.244 e. The Labute approximate surface area is 123 Å². The molecule has 21 heavy (non-hydrogen) atoms. The third kappa shape index (κ3) is 3.16. The van der Waals surface area contributed by atoms with E-state index in [0.717, 1.165) is 23.5 Å². The Bertz CT molecular complexity index is 636. The highest BCUT2D eigenvalue weighted by Gasteiger charge is 2.22. The fourth-order valence-electron chi connectivity index (χ4n) is 2.41. The monoisotopic (exact) mass is 285 g/mol. The quantitative estimate of drug-likeness (QED) is 0.783. The van der Waals surface area contributed by atoms with Gasteiger partial charge in [0.1, 0.15) is 6.04 Å². The zero-order chi connectivity index (χ0) is 14.7. The molecule has 2 heterocycles. The van der Waals surface area contributed by atoms with Gasteiger partial charge in [0.25, 0.3) is 0 Å². The number of para-hydroxylation sites is 2. The number of carbonyl (C=O) groups excluding carboxylic acids is 1. The predicted molar refractivity (Wildman–Crippen MR) is 82.3 cm³/mol. The van der Waals surface area contributed by atoms with Crippen molar-refractivity contribution in [2.24, 2.45) is 7.05 Å². The van der Waals surface area contributed by atoms with Crippen LogP contribution in [-0.2, 0) is 18.3 Å². The zero-order valence-corrected chi connectivity index (χ0v) is 12.0. The maximum absolute atomic E-state index is 12.2. The highest BCUT2D eigenvalue weighted by molar-refractivity contribution is 5.88. The van der Waals surface area contributed by atoms with Crippen molar-refractivity contribution in [3.05, 3.63) is 42.2 Å². The lowest BCUT2D eigenvalue weighted by molar-refractivity contribution is -0.121. The van der Waals surface area contributed by atoms with Crippen molar-refractivity contribution in [3.8, 4) is 0 Å². The van der Waals surface area contributed by atoms with Gasteiger partial charge in [-0.3, -0.25) is 9.48 Å². The van der Waals surface area contributed by atoms with Gasteiger partial charge in [0.05, 0.1) is 17.1 Å². The van der Waals surface area contributed by atoms with E-state index in [1.54, 1.807) is 4.68 Å². The van der Waals surface area contributed by atoms with Crippen LogP contribution in [0.3, 0.4) is 0 Å². The predicted octanol–water partition coefficient (Wildman–Crippen LogP) is 0.985. The van der Waals surface area contributed by atoms with Crippen molar-refractivity contribution in [2.45, 2.75) is 12.5 Å². The number of aryl methyl sites for hydroxylation is 1. The van der Waals surface area contributed by atoms with Gasteiger partial charge in [-0.15, -0.1) is 0 Å². The van der Waals surface area contributed by atoms with E-state index < -0.39 is 0 Å². The van der Waals surface area contributed by atoms with Gasteiger partial charge in [0, 0.05) is 32.8 Å². The molecule has 0 saturated heterocycles. The summed E-state index contributed by atoms with van der Waals surface area (Å²) >= 11 is 0. The minimum absolute atomic E-state index is 0.00735. The number of nitrogens with zero attached hydrogens (tertiary/aromatic N) is 2. The second kappa shape index (κ2) is 5.87. The second-order valence-corrected chi connectivity index (χ2v) is 5.15. The number of fused-ring (bicyclic) bond motifs is 1. The van der Waals surface area contributed by atoms with E-state index in [-0.39, 0.29) is 11.9 Å². The lowest BCUT2D eigenvalue weighted by Crippen LogP contribution is -2.46.